The molecule has 0 heterocycles. The van der Waals surface area contributed by atoms with Crippen LogP contribution in [-0.2, 0) is 0 Å². The highest BCUT2D eigenvalue weighted by atomic mass is 127. The molecule has 0 aliphatic heterocycles. The van der Waals surface area contributed by atoms with E-state index in [-0.39, 0.29) is 0 Å². The first-order valence-corrected chi connectivity index (χ1v) is 16.5. The minimum Gasteiger partial charge on any atom is -0.0841 e. The molecule has 0 atom stereocenters. The second kappa shape index (κ2) is 4.21. The number of fused-ring (bicyclic) bond motifs is 46. The maximum atomic E-state index is 2.59. The Morgan fingerprint density at radius 3 is 1.05 bits per heavy atom. The maximum Gasteiger partial charge on any atom is 0.0297 e. The minimum absolute atomic E-state index is 1.43. The highest BCUT2D eigenvalue weighted by Crippen LogP contribution is 2.75. The van der Waals surface area contributed by atoms with Gasteiger partial charge in [-0.3, -0.25) is 0 Å². The van der Waals surface area contributed by atoms with E-state index in [4.69, 9.17) is 0 Å². The number of benzene rings is 16. The highest BCUT2D eigenvalue weighted by molar-refractivity contribution is 14.1. The number of aryl methyl sites for hydroxylation is 1. The van der Waals surface area contributed by atoms with Crippen LogP contribution in [0.4, 0.5) is 0 Å². The van der Waals surface area contributed by atoms with E-state index in [2.05, 4.69) is 55.5 Å². The monoisotopic (exact) mass is 630 g/mol. The summed E-state index contributed by atoms with van der Waals surface area (Å²) >= 11 is 2.59. The lowest BCUT2D eigenvalue weighted by Gasteiger charge is -2.43. The van der Waals surface area contributed by atoms with Gasteiger partial charge in [0.2, 0.25) is 0 Å². The van der Waals surface area contributed by atoms with Crippen LogP contribution in [-0.4, -0.2) is 0 Å². The van der Waals surface area contributed by atoms with Crippen molar-refractivity contribution >= 4 is 201 Å². The lowest BCUT2D eigenvalue weighted by molar-refractivity contribution is 1.54. The van der Waals surface area contributed by atoms with E-state index < -0.39 is 0 Å². The molecule has 0 saturated carbocycles. The predicted octanol–water partition coefficient (Wildman–Crippen LogP) is 12.9. The molecule has 0 saturated heterocycles. The standard InChI is InChI=1S/C41H11I/c1-4-6(2)10-13-16-19-22-25-28-31-32-29-26-23-20-17-14-11-8-5-7(3)9(8)12(11)15(14)18(17)21(20)24(23)27(26)30(29)33(32)34(31)35(28)36(25)37(22)38(19)39(16)40(13)41(10)42/h4-5H,1-3H3/b6-4+. The molecule has 0 aliphatic rings. The Hall–Kier alpha value is -4.21. The van der Waals surface area contributed by atoms with Gasteiger partial charge in [0.25, 0.3) is 0 Å². The van der Waals surface area contributed by atoms with E-state index in [9.17, 15) is 0 Å². The van der Waals surface area contributed by atoms with Gasteiger partial charge < -0.3 is 0 Å². The van der Waals surface area contributed by atoms with Crippen LogP contribution in [0.5, 0.6) is 0 Å². The molecule has 0 N–H and O–H groups in total. The second-order valence-electron chi connectivity index (χ2n) is 14.5. The van der Waals surface area contributed by atoms with Gasteiger partial charge in [0.05, 0.1) is 0 Å². The number of allylic oxidation sites excluding steroid dienone is 2. The van der Waals surface area contributed by atoms with Crippen LogP contribution < -0.4 is 0 Å². The summed E-state index contributed by atoms with van der Waals surface area (Å²) in [7, 11) is 0. The third-order valence-corrected chi connectivity index (χ3v) is 14.9. The van der Waals surface area contributed by atoms with E-state index >= 15 is 0 Å². The van der Waals surface area contributed by atoms with Crippen molar-refractivity contribution in [1.82, 2.24) is 0 Å². The zero-order valence-electron chi connectivity index (χ0n) is 22.5. The van der Waals surface area contributed by atoms with Crippen molar-refractivity contribution in [2.75, 3.05) is 0 Å². The first kappa shape index (κ1) is 17.7. The van der Waals surface area contributed by atoms with Gasteiger partial charge in [-0.15, -0.1) is 0 Å². The number of hydrogen-bond donors (Lipinski definition) is 0. The first-order chi connectivity index (χ1) is 20.7. The molecule has 17 aromatic rings. The highest BCUT2D eigenvalue weighted by Gasteiger charge is 2.46. The van der Waals surface area contributed by atoms with Crippen molar-refractivity contribution in [1.29, 1.82) is 0 Å². The molecule has 0 radical (unpaired) electrons. The minimum atomic E-state index is 1.43. The molecule has 0 nitrogen and oxygen atoms in total. The zero-order valence-corrected chi connectivity index (χ0v) is 24.7. The first-order valence-electron chi connectivity index (χ1n) is 15.4. The average molecular weight is 630 g/mol. The molecule has 0 aliphatic carbocycles. The van der Waals surface area contributed by atoms with Gasteiger partial charge >= 0.3 is 0 Å². The van der Waals surface area contributed by atoms with E-state index in [0.717, 1.165) is 0 Å². The molecular weight excluding hydrogens is 619 g/mol. The molecule has 0 amide bonds. The number of hydrogen-bond acceptors (Lipinski definition) is 0. The quantitative estimate of drug-likeness (QED) is 0.125. The Labute approximate surface area is 246 Å². The van der Waals surface area contributed by atoms with E-state index in [0.29, 0.717) is 0 Å². The van der Waals surface area contributed by atoms with Crippen molar-refractivity contribution in [2.24, 2.45) is 0 Å². The Morgan fingerprint density at radius 1 is 0.429 bits per heavy atom. The van der Waals surface area contributed by atoms with Crippen molar-refractivity contribution in [3.8, 4) is 0 Å². The molecule has 0 fully saturated rings. The maximum absolute atomic E-state index is 2.59. The van der Waals surface area contributed by atoms with Gasteiger partial charge in [-0.1, -0.05) is 12.1 Å². The summed E-state index contributed by atoms with van der Waals surface area (Å²) in [4.78, 5) is 0. The summed E-state index contributed by atoms with van der Waals surface area (Å²) in [5, 5.41) is 52.2. The Morgan fingerprint density at radius 2 is 0.714 bits per heavy atom. The molecule has 17 aromatic carbocycles. The van der Waals surface area contributed by atoms with E-state index in [1.165, 1.54) is 20.3 Å². The Kier molecular flexibility index (Phi) is 1.77. The van der Waals surface area contributed by atoms with Crippen LogP contribution in [0.3, 0.4) is 0 Å². The van der Waals surface area contributed by atoms with Crippen LogP contribution in [0, 0.1) is 10.5 Å². The number of rotatable bonds is 1. The van der Waals surface area contributed by atoms with Gasteiger partial charge in [0.1, 0.15) is 0 Å². The Balaban J connectivity index is 0.935. The summed E-state index contributed by atoms with van der Waals surface area (Å²) < 4.78 is 1.50. The van der Waals surface area contributed by atoms with E-state index in [1.54, 1.807) is 172 Å². The van der Waals surface area contributed by atoms with Crippen molar-refractivity contribution in [3.05, 3.63) is 26.8 Å². The average Bonchev–Trinajstić information content (AvgIpc) is 2.92. The molecule has 17 rings (SSSR count). The van der Waals surface area contributed by atoms with Gasteiger partial charge in [0.15, 0.2) is 0 Å². The molecule has 42 heavy (non-hydrogen) atoms. The fourth-order valence-electron chi connectivity index (χ4n) is 12.0. The normalized spacial score (nSPS) is 16.7. The third-order valence-electron chi connectivity index (χ3n) is 13.8. The summed E-state index contributed by atoms with van der Waals surface area (Å²) in [6.45, 7) is 6.72. The van der Waals surface area contributed by atoms with Crippen LogP contribution in [0.2, 0.25) is 0 Å². The molecule has 0 unspecified atom stereocenters. The van der Waals surface area contributed by atoms with Crippen molar-refractivity contribution in [3.63, 3.8) is 0 Å². The summed E-state index contributed by atoms with van der Waals surface area (Å²) in [5.41, 5.74) is 4.45. The van der Waals surface area contributed by atoms with Crippen molar-refractivity contribution < 1.29 is 0 Å². The van der Waals surface area contributed by atoms with Crippen LogP contribution >= 0.6 is 22.6 Å². The molecule has 0 bridgehead atoms. The van der Waals surface area contributed by atoms with E-state index in [1.807, 2.05) is 0 Å². The SMILES string of the molecule is C/C=C(\C)c1c(I)c2c1c1c2c2c1c1c2c2c1c1c2c2c1c1c3c4c5c6c7c8c9c%10cc(C)c%10c9c8c7c6c5c4c3c21. The lowest BCUT2D eigenvalue weighted by atomic mass is 9.58. The predicted molar refractivity (Wildman–Crippen MR) is 193 cm³/mol. The summed E-state index contributed by atoms with van der Waals surface area (Å²) in [6.07, 6.45) is 2.27. The molecule has 1 heteroatoms. The van der Waals surface area contributed by atoms with Crippen LogP contribution in [0.25, 0.3) is 178 Å². The topological polar surface area (TPSA) is 0 Å². The fraction of sp³-hybridized carbons (Fsp3) is 0.0732. The van der Waals surface area contributed by atoms with Gasteiger partial charge in [-0.2, -0.15) is 0 Å². The lowest BCUT2D eigenvalue weighted by Crippen LogP contribution is -2.14. The second-order valence-corrected chi connectivity index (χ2v) is 15.6. The summed E-state index contributed by atoms with van der Waals surface area (Å²) in [5.74, 6) is 0. The molecule has 182 valence electrons. The summed E-state index contributed by atoms with van der Waals surface area (Å²) in [6, 6.07) is 2.40. The largest absolute Gasteiger partial charge is 0.0841 e. The van der Waals surface area contributed by atoms with Crippen LogP contribution in [0.1, 0.15) is 25.0 Å². The molecular formula is C41H11I. The number of halogens is 1. The van der Waals surface area contributed by atoms with Crippen LogP contribution in [0.15, 0.2) is 12.1 Å². The smallest absolute Gasteiger partial charge is 0.0297 e. The third kappa shape index (κ3) is 1.02. The van der Waals surface area contributed by atoms with Gasteiger partial charge in [0, 0.05) is 89.7 Å². The van der Waals surface area contributed by atoms with Crippen molar-refractivity contribution in [2.45, 2.75) is 20.8 Å². The zero-order chi connectivity index (χ0) is 26.2. The molecule has 0 aromatic heterocycles. The Bertz CT molecular complexity index is 3960. The van der Waals surface area contributed by atoms with Gasteiger partial charge in [-0.25, -0.2) is 0 Å². The molecule has 0 spiro atoms. The fourth-order valence-corrected chi connectivity index (χ4v) is 13.2. The van der Waals surface area contributed by atoms with Gasteiger partial charge in [-0.05, 0) is 146 Å².